The molecule has 0 heterocycles. The Balaban J connectivity index is 2.95. The normalized spacial score (nSPS) is 10.2. The highest BCUT2D eigenvalue weighted by Gasteiger charge is 2.09. The Labute approximate surface area is 89.9 Å². The predicted molar refractivity (Wildman–Crippen MR) is 54.8 cm³/mol. The molecule has 0 spiro atoms. The van der Waals surface area contributed by atoms with Crippen LogP contribution in [0.15, 0.2) is 16.6 Å². The summed E-state index contributed by atoms with van der Waals surface area (Å²) in [6.07, 6.45) is 0.181. The van der Waals surface area contributed by atoms with Crippen molar-refractivity contribution in [2.45, 2.75) is 19.8 Å². The maximum absolute atomic E-state index is 13.3. The van der Waals surface area contributed by atoms with Crippen molar-refractivity contribution < 1.29 is 14.3 Å². The molecule has 0 aromatic heterocycles. The topological polar surface area (TPSA) is 37.3 Å². The third-order valence-electron chi connectivity index (χ3n) is 2.06. The molecule has 2 nitrogen and oxygen atoms in total. The summed E-state index contributed by atoms with van der Waals surface area (Å²) in [7, 11) is 0. The summed E-state index contributed by atoms with van der Waals surface area (Å²) in [6, 6.07) is 2.96. The van der Waals surface area contributed by atoms with Crippen LogP contribution in [0, 0.1) is 12.7 Å². The van der Waals surface area contributed by atoms with Crippen LogP contribution in [-0.4, -0.2) is 11.1 Å². The molecule has 0 aliphatic heterocycles. The Morgan fingerprint density at radius 2 is 2.21 bits per heavy atom. The summed E-state index contributed by atoms with van der Waals surface area (Å²) in [5.41, 5.74) is 1.24. The van der Waals surface area contributed by atoms with E-state index in [1.165, 1.54) is 6.07 Å². The highest BCUT2D eigenvalue weighted by atomic mass is 79.9. The van der Waals surface area contributed by atoms with Gasteiger partial charge in [-0.1, -0.05) is 15.9 Å². The van der Waals surface area contributed by atoms with E-state index in [2.05, 4.69) is 15.9 Å². The van der Waals surface area contributed by atoms with Gasteiger partial charge in [0.1, 0.15) is 5.82 Å². The van der Waals surface area contributed by atoms with Crippen molar-refractivity contribution in [1.29, 1.82) is 0 Å². The van der Waals surface area contributed by atoms with Crippen molar-refractivity contribution in [1.82, 2.24) is 0 Å². The van der Waals surface area contributed by atoms with E-state index in [1.54, 1.807) is 13.0 Å². The van der Waals surface area contributed by atoms with Crippen LogP contribution in [0.5, 0.6) is 0 Å². The second kappa shape index (κ2) is 4.55. The van der Waals surface area contributed by atoms with Crippen molar-refractivity contribution >= 4 is 21.9 Å². The number of carboxylic acids is 1. The molecule has 4 heteroatoms. The molecule has 0 amide bonds. The molecular formula is C10H10BrFO2. The average Bonchev–Trinajstić information content (AvgIpc) is 2.11. The number of hydrogen-bond donors (Lipinski definition) is 1. The van der Waals surface area contributed by atoms with E-state index < -0.39 is 5.97 Å². The van der Waals surface area contributed by atoms with Gasteiger partial charge in [-0.05, 0) is 36.6 Å². The van der Waals surface area contributed by atoms with Gasteiger partial charge in [0, 0.05) is 10.9 Å². The molecule has 0 unspecified atom stereocenters. The van der Waals surface area contributed by atoms with Crippen LogP contribution in [0.1, 0.15) is 17.5 Å². The van der Waals surface area contributed by atoms with Crippen molar-refractivity contribution in [3.8, 4) is 0 Å². The minimum Gasteiger partial charge on any atom is -0.481 e. The maximum Gasteiger partial charge on any atom is 0.303 e. The van der Waals surface area contributed by atoms with Gasteiger partial charge >= 0.3 is 5.97 Å². The molecular weight excluding hydrogens is 251 g/mol. The first-order valence-corrected chi connectivity index (χ1v) is 4.97. The van der Waals surface area contributed by atoms with Crippen LogP contribution in [-0.2, 0) is 11.2 Å². The summed E-state index contributed by atoms with van der Waals surface area (Å²) in [5, 5.41) is 8.49. The lowest BCUT2D eigenvalue weighted by molar-refractivity contribution is -0.136. The molecule has 1 aromatic rings. The Morgan fingerprint density at radius 3 is 2.79 bits per heavy atom. The van der Waals surface area contributed by atoms with E-state index in [0.29, 0.717) is 5.56 Å². The van der Waals surface area contributed by atoms with Gasteiger partial charge in [0.15, 0.2) is 0 Å². The Kier molecular flexibility index (Phi) is 3.63. The SMILES string of the molecule is Cc1c(Br)ccc(F)c1CCC(=O)O. The molecule has 0 atom stereocenters. The lowest BCUT2D eigenvalue weighted by Crippen LogP contribution is -2.01. The van der Waals surface area contributed by atoms with E-state index in [0.717, 1.165) is 10.0 Å². The number of carboxylic acid groups (broad SMARTS) is 1. The molecule has 0 saturated heterocycles. The molecule has 0 bridgehead atoms. The first-order chi connectivity index (χ1) is 6.52. The number of rotatable bonds is 3. The zero-order valence-electron chi connectivity index (χ0n) is 7.68. The molecule has 1 rings (SSSR count). The Morgan fingerprint density at radius 1 is 1.57 bits per heavy atom. The predicted octanol–water partition coefficient (Wildman–Crippen LogP) is 2.91. The first kappa shape index (κ1) is 11.2. The van der Waals surface area contributed by atoms with Crippen LogP contribution in [0.3, 0.4) is 0 Å². The monoisotopic (exact) mass is 260 g/mol. The van der Waals surface area contributed by atoms with Crippen molar-refractivity contribution in [2.24, 2.45) is 0 Å². The van der Waals surface area contributed by atoms with Crippen LogP contribution >= 0.6 is 15.9 Å². The van der Waals surface area contributed by atoms with E-state index in [9.17, 15) is 9.18 Å². The number of carbonyl (C=O) groups is 1. The van der Waals surface area contributed by atoms with Crippen LogP contribution in [0.2, 0.25) is 0 Å². The van der Waals surface area contributed by atoms with Crippen LogP contribution < -0.4 is 0 Å². The van der Waals surface area contributed by atoms with Gasteiger partial charge in [-0.15, -0.1) is 0 Å². The average molecular weight is 261 g/mol. The molecule has 1 N–H and O–H groups in total. The molecule has 14 heavy (non-hydrogen) atoms. The molecule has 0 radical (unpaired) electrons. The molecule has 0 aliphatic carbocycles. The maximum atomic E-state index is 13.3. The smallest absolute Gasteiger partial charge is 0.303 e. The second-order valence-corrected chi connectivity index (χ2v) is 3.88. The van der Waals surface area contributed by atoms with Gasteiger partial charge in [-0.25, -0.2) is 4.39 Å². The number of aliphatic carboxylic acids is 1. The highest BCUT2D eigenvalue weighted by Crippen LogP contribution is 2.23. The number of hydrogen-bond acceptors (Lipinski definition) is 1. The van der Waals surface area contributed by atoms with E-state index in [-0.39, 0.29) is 18.7 Å². The molecule has 76 valence electrons. The summed E-state index contributed by atoms with van der Waals surface area (Å²) in [6.45, 7) is 1.77. The fourth-order valence-corrected chi connectivity index (χ4v) is 1.61. The fourth-order valence-electron chi connectivity index (χ4n) is 1.23. The lowest BCUT2D eigenvalue weighted by atomic mass is 10.0. The molecule has 1 aromatic carbocycles. The van der Waals surface area contributed by atoms with Crippen molar-refractivity contribution in [2.75, 3.05) is 0 Å². The summed E-state index contributed by atoms with van der Waals surface area (Å²) in [5.74, 6) is -1.25. The molecule has 0 saturated carbocycles. The largest absolute Gasteiger partial charge is 0.481 e. The van der Waals surface area contributed by atoms with E-state index >= 15 is 0 Å². The molecule has 0 aliphatic rings. The quantitative estimate of drug-likeness (QED) is 0.908. The van der Waals surface area contributed by atoms with Crippen LogP contribution in [0.25, 0.3) is 0 Å². The van der Waals surface area contributed by atoms with E-state index in [4.69, 9.17) is 5.11 Å². The first-order valence-electron chi connectivity index (χ1n) is 4.17. The highest BCUT2D eigenvalue weighted by molar-refractivity contribution is 9.10. The minimum absolute atomic E-state index is 0.0474. The van der Waals surface area contributed by atoms with Gasteiger partial charge in [-0.3, -0.25) is 4.79 Å². The number of benzene rings is 1. The van der Waals surface area contributed by atoms with Gasteiger partial charge < -0.3 is 5.11 Å². The summed E-state index contributed by atoms with van der Waals surface area (Å²) in [4.78, 5) is 10.3. The number of halogens is 2. The zero-order chi connectivity index (χ0) is 10.7. The third-order valence-corrected chi connectivity index (χ3v) is 2.92. The van der Waals surface area contributed by atoms with Crippen molar-refractivity contribution in [3.05, 3.63) is 33.5 Å². The Hall–Kier alpha value is -0.900. The van der Waals surface area contributed by atoms with E-state index in [1.807, 2.05) is 0 Å². The second-order valence-electron chi connectivity index (χ2n) is 3.03. The minimum atomic E-state index is -0.913. The molecule has 0 fully saturated rings. The van der Waals surface area contributed by atoms with Crippen molar-refractivity contribution in [3.63, 3.8) is 0 Å². The summed E-state index contributed by atoms with van der Waals surface area (Å²) >= 11 is 3.27. The van der Waals surface area contributed by atoms with Gasteiger partial charge in [-0.2, -0.15) is 0 Å². The van der Waals surface area contributed by atoms with Gasteiger partial charge in [0.25, 0.3) is 0 Å². The van der Waals surface area contributed by atoms with Gasteiger partial charge in [0.05, 0.1) is 0 Å². The van der Waals surface area contributed by atoms with Crippen LogP contribution in [0.4, 0.5) is 4.39 Å². The standard InChI is InChI=1S/C10H10BrFO2/c1-6-7(2-5-10(13)14)9(12)4-3-8(6)11/h3-4H,2,5H2,1H3,(H,13,14). The summed E-state index contributed by atoms with van der Waals surface area (Å²) < 4.78 is 14.1. The zero-order valence-corrected chi connectivity index (χ0v) is 9.27. The fraction of sp³-hybridized carbons (Fsp3) is 0.300. The lowest BCUT2D eigenvalue weighted by Gasteiger charge is -2.07. The third kappa shape index (κ3) is 2.54. The Bertz CT molecular complexity index is 363. The van der Waals surface area contributed by atoms with Gasteiger partial charge in [0.2, 0.25) is 0 Å².